The summed E-state index contributed by atoms with van der Waals surface area (Å²) >= 11 is 6.17. The van der Waals surface area contributed by atoms with Crippen LogP contribution < -0.4 is 15.5 Å². The standard InChI is InChI=1S/C26H22ClN3O3/c1-15-4-7-18(8-5-15)23-24(29-22-14-19(27)9-6-16(22)2)26(33)30(25(23)32)21-12-10-20(11-13-21)28-17(3)31/h4-14,29H,1-3H3,(H,28,31). The normalized spacial score (nSPS) is 13.5. The van der Waals surface area contributed by atoms with Crippen molar-refractivity contribution in [1.82, 2.24) is 0 Å². The lowest BCUT2D eigenvalue weighted by Crippen LogP contribution is -2.32. The van der Waals surface area contributed by atoms with Gasteiger partial charge in [0.05, 0.1) is 11.3 Å². The van der Waals surface area contributed by atoms with Crippen molar-refractivity contribution in [2.45, 2.75) is 20.8 Å². The van der Waals surface area contributed by atoms with Crippen LogP contribution in [0.1, 0.15) is 23.6 Å². The maximum Gasteiger partial charge on any atom is 0.282 e. The predicted octanol–water partition coefficient (Wildman–Crippen LogP) is 5.31. The minimum atomic E-state index is -0.470. The highest BCUT2D eigenvalue weighted by Crippen LogP contribution is 2.35. The van der Waals surface area contributed by atoms with E-state index in [9.17, 15) is 14.4 Å². The number of carbonyl (C=O) groups is 3. The van der Waals surface area contributed by atoms with Crippen molar-refractivity contribution in [3.05, 3.63) is 94.1 Å². The Kier molecular flexibility index (Phi) is 6.03. The van der Waals surface area contributed by atoms with Crippen molar-refractivity contribution in [2.24, 2.45) is 0 Å². The Bertz CT molecular complexity index is 1300. The van der Waals surface area contributed by atoms with Gasteiger partial charge in [-0.1, -0.05) is 47.5 Å². The first-order valence-corrected chi connectivity index (χ1v) is 10.7. The van der Waals surface area contributed by atoms with Crippen LogP contribution in [0.5, 0.6) is 0 Å². The quantitative estimate of drug-likeness (QED) is 0.507. The second kappa shape index (κ2) is 8.92. The van der Waals surface area contributed by atoms with Crippen molar-refractivity contribution in [3.8, 4) is 0 Å². The molecule has 0 unspecified atom stereocenters. The summed E-state index contributed by atoms with van der Waals surface area (Å²) in [6.07, 6.45) is 0. The average Bonchev–Trinajstić information content (AvgIpc) is 3.01. The van der Waals surface area contributed by atoms with Crippen molar-refractivity contribution < 1.29 is 14.4 Å². The lowest BCUT2D eigenvalue weighted by atomic mass is 10.0. The van der Waals surface area contributed by atoms with Gasteiger partial charge in [-0.05, 0) is 61.4 Å². The third-order valence-electron chi connectivity index (χ3n) is 5.33. The van der Waals surface area contributed by atoms with Gasteiger partial charge >= 0.3 is 0 Å². The van der Waals surface area contributed by atoms with Gasteiger partial charge in [-0.3, -0.25) is 14.4 Å². The third kappa shape index (κ3) is 4.52. The summed E-state index contributed by atoms with van der Waals surface area (Å²) in [5.74, 6) is -1.11. The number of carbonyl (C=O) groups excluding carboxylic acids is 3. The summed E-state index contributed by atoms with van der Waals surface area (Å²) in [6, 6.07) is 19.3. The SMILES string of the molecule is CC(=O)Nc1ccc(N2C(=O)C(Nc3cc(Cl)ccc3C)=C(c3ccc(C)cc3)C2=O)cc1. The van der Waals surface area contributed by atoms with E-state index < -0.39 is 11.8 Å². The summed E-state index contributed by atoms with van der Waals surface area (Å²) in [6.45, 7) is 5.26. The molecular formula is C26H22ClN3O3. The lowest BCUT2D eigenvalue weighted by Gasteiger charge is -2.16. The monoisotopic (exact) mass is 459 g/mol. The van der Waals surface area contributed by atoms with E-state index in [0.717, 1.165) is 16.0 Å². The van der Waals surface area contributed by atoms with Gasteiger partial charge in [0.25, 0.3) is 11.8 Å². The van der Waals surface area contributed by atoms with Crippen LogP contribution >= 0.6 is 11.6 Å². The fourth-order valence-corrected chi connectivity index (χ4v) is 3.80. The number of hydrogen-bond acceptors (Lipinski definition) is 4. The molecular weight excluding hydrogens is 438 g/mol. The molecule has 0 saturated carbocycles. The fraction of sp³-hybridized carbons (Fsp3) is 0.115. The molecule has 0 aromatic heterocycles. The first-order chi connectivity index (χ1) is 15.7. The van der Waals surface area contributed by atoms with E-state index in [2.05, 4.69) is 10.6 Å². The van der Waals surface area contributed by atoms with Crippen LogP contribution in [0, 0.1) is 13.8 Å². The highest BCUT2D eigenvalue weighted by atomic mass is 35.5. The summed E-state index contributed by atoms with van der Waals surface area (Å²) in [5, 5.41) is 6.35. The van der Waals surface area contributed by atoms with Gasteiger partial charge in [-0.25, -0.2) is 4.90 Å². The Labute approximate surface area is 196 Å². The molecule has 1 aliphatic rings. The summed E-state index contributed by atoms with van der Waals surface area (Å²) in [7, 11) is 0. The number of halogens is 1. The molecule has 166 valence electrons. The van der Waals surface area contributed by atoms with E-state index in [1.54, 1.807) is 36.4 Å². The third-order valence-corrected chi connectivity index (χ3v) is 5.56. The van der Waals surface area contributed by atoms with Gasteiger partial charge in [0.1, 0.15) is 5.70 Å². The van der Waals surface area contributed by atoms with Crippen LogP contribution in [0.25, 0.3) is 5.57 Å². The van der Waals surface area contributed by atoms with Crippen molar-refractivity contribution in [1.29, 1.82) is 0 Å². The summed E-state index contributed by atoms with van der Waals surface area (Å²) < 4.78 is 0. The predicted molar refractivity (Wildman–Crippen MR) is 131 cm³/mol. The molecule has 3 aromatic rings. The zero-order valence-electron chi connectivity index (χ0n) is 18.4. The van der Waals surface area contributed by atoms with E-state index in [4.69, 9.17) is 11.6 Å². The molecule has 2 N–H and O–H groups in total. The number of amides is 3. The van der Waals surface area contributed by atoms with Crippen LogP contribution in [-0.4, -0.2) is 17.7 Å². The number of imide groups is 1. The largest absolute Gasteiger partial charge is 0.350 e. The molecule has 0 spiro atoms. The molecule has 4 rings (SSSR count). The second-order valence-corrected chi connectivity index (χ2v) is 8.31. The van der Waals surface area contributed by atoms with Crippen LogP contribution in [0.4, 0.5) is 17.1 Å². The minimum absolute atomic E-state index is 0.181. The molecule has 0 atom stereocenters. The van der Waals surface area contributed by atoms with E-state index in [1.807, 2.05) is 44.2 Å². The first kappa shape index (κ1) is 22.3. The van der Waals surface area contributed by atoms with Crippen molar-refractivity contribution in [3.63, 3.8) is 0 Å². The Balaban J connectivity index is 1.78. The number of hydrogen-bond donors (Lipinski definition) is 2. The molecule has 1 aliphatic heterocycles. The molecule has 33 heavy (non-hydrogen) atoms. The van der Waals surface area contributed by atoms with Crippen LogP contribution in [0.15, 0.2) is 72.4 Å². The Morgan fingerprint density at radius 1 is 0.879 bits per heavy atom. The minimum Gasteiger partial charge on any atom is -0.350 e. The van der Waals surface area contributed by atoms with E-state index in [1.165, 1.54) is 6.92 Å². The number of nitrogens with one attached hydrogen (secondary N) is 2. The maximum atomic E-state index is 13.5. The molecule has 1 heterocycles. The van der Waals surface area contributed by atoms with Crippen LogP contribution in [0.2, 0.25) is 5.02 Å². The number of rotatable bonds is 5. The smallest absolute Gasteiger partial charge is 0.282 e. The van der Waals surface area contributed by atoms with Gasteiger partial charge < -0.3 is 10.6 Å². The number of anilines is 3. The number of nitrogens with zero attached hydrogens (tertiary/aromatic N) is 1. The van der Waals surface area contributed by atoms with Gasteiger partial charge in [0, 0.05) is 23.3 Å². The van der Waals surface area contributed by atoms with Crippen molar-refractivity contribution >= 4 is 52.0 Å². The van der Waals surface area contributed by atoms with E-state index in [0.29, 0.717) is 27.6 Å². The second-order valence-electron chi connectivity index (χ2n) is 7.87. The Hall–Kier alpha value is -3.90. The molecule has 7 heteroatoms. The summed E-state index contributed by atoms with van der Waals surface area (Å²) in [5.41, 5.74) is 4.65. The van der Waals surface area contributed by atoms with Gasteiger partial charge in [0.2, 0.25) is 5.91 Å². The molecule has 0 bridgehead atoms. The first-order valence-electron chi connectivity index (χ1n) is 10.4. The van der Waals surface area contributed by atoms with E-state index in [-0.39, 0.29) is 17.2 Å². The molecule has 3 aromatic carbocycles. The highest BCUT2D eigenvalue weighted by molar-refractivity contribution is 6.46. The van der Waals surface area contributed by atoms with Crippen LogP contribution in [0.3, 0.4) is 0 Å². The fourth-order valence-electron chi connectivity index (χ4n) is 3.63. The molecule has 3 amide bonds. The molecule has 0 fully saturated rings. The number of benzene rings is 3. The molecule has 0 aliphatic carbocycles. The van der Waals surface area contributed by atoms with Gasteiger partial charge in [-0.15, -0.1) is 0 Å². The van der Waals surface area contributed by atoms with Crippen LogP contribution in [-0.2, 0) is 14.4 Å². The Morgan fingerprint density at radius 2 is 1.55 bits per heavy atom. The molecule has 0 radical (unpaired) electrons. The zero-order chi connectivity index (χ0) is 23.7. The topological polar surface area (TPSA) is 78.5 Å². The highest BCUT2D eigenvalue weighted by Gasteiger charge is 2.40. The Morgan fingerprint density at radius 3 is 2.18 bits per heavy atom. The summed E-state index contributed by atoms with van der Waals surface area (Å²) in [4.78, 5) is 39.5. The lowest BCUT2D eigenvalue weighted by molar-refractivity contribution is -0.120. The number of aryl methyl sites for hydroxylation is 2. The van der Waals surface area contributed by atoms with Crippen molar-refractivity contribution in [2.75, 3.05) is 15.5 Å². The zero-order valence-corrected chi connectivity index (χ0v) is 19.2. The molecule has 0 saturated heterocycles. The van der Waals surface area contributed by atoms with Gasteiger partial charge in [-0.2, -0.15) is 0 Å². The molecule has 6 nitrogen and oxygen atoms in total. The average molecular weight is 460 g/mol. The van der Waals surface area contributed by atoms with E-state index >= 15 is 0 Å². The van der Waals surface area contributed by atoms with Gasteiger partial charge in [0.15, 0.2) is 0 Å². The maximum absolute atomic E-state index is 13.5.